The van der Waals surface area contributed by atoms with Crippen LogP contribution in [0.5, 0.6) is 0 Å². The highest BCUT2D eigenvalue weighted by Crippen LogP contribution is 2.34. The van der Waals surface area contributed by atoms with Gasteiger partial charge in [0, 0.05) is 49.7 Å². The number of rotatable bonds is 6. The number of nitrogens with one attached hydrogen (secondary N) is 1. The van der Waals surface area contributed by atoms with Gasteiger partial charge in [-0.2, -0.15) is 5.10 Å². The summed E-state index contributed by atoms with van der Waals surface area (Å²) in [6.45, 7) is 5.50. The lowest BCUT2D eigenvalue weighted by Crippen LogP contribution is -2.40. The van der Waals surface area contributed by atoms with E-state index in [1.165, 1.54) is 4.88 Å². The Labute approximate surface area is 211 Å². The summed E-state index contributed by atoms with van der Waals surface area (Å²) in [5.74, 6) is 2.18. The minimum absolute atomic E-state index is 0.0120. The van der Waals surface area contributed by atoms with Gasteiger partial charge < -0.3 is 20.0 Å². The third-order valence-electron chi connectivity index (χ3n) is 7.81. The number of thiophene rings is 1. The lowest BCUT2D eigenvalue weighted by molar-refractivity contribution is -0.133. The van der Waals surface area contributed by atoms with Crippen LogP contribution in [0.25, 0.3) is 0 Å². The molecule has 3 aliphatic rings. The number of nitrogens with zero attached hydrogens (tertiary/aromatic N) is 5. The van der Waals surface area contributed by atoms with E-state index in [1.807, 2.05) is 18.2 Å². The smallest absolute Gasteiger partial charge is 0.261 e. The zero-order chi connectivity index (χ0) is 24.2. The predicted molar refractivity (Wildman–Crippen MR) is 138 cm³/mol. The minimum Gasteiger partial charge on any atom is -0.353 e. The van der Waals surface area contributed by atoms with E-state index in [0.717, 1.165) is 82.1 Å². The molecule has 1 N–H and O–H groups in total. The number of likely N-dealkylation sites (tertiary alicyclic amines) is 2. The van der Waals surface area contributed by atoms with E-state index in [0.29, 0.717) is 24.2 Å². The molecule has 0 unspecified atom stereocenters. The molecule has 2 amide bonds. The van der Waals surface area contributed by atoms with Crippen molar-refractivity contribution < 1.29 is 9.59 Å². The third-order valence-corrected chi connectivity index (χ3v) is 9.05. The zero-order valence-electron chi connectivity index (χ0n) is 20.6. The summed E-state index contributed by atoms with van der Waals surface area (Å²) in [6, 6.07) is 8.03. The van der Waals surface area contributed by atoms with Gasteiger partial charge in [0.05, 0.1) is 4.88 Å². The van der Waals surface area contributed by atoms with Crippen molar-refractivity contribution in [1.82, 2.24) is 25.3 Å². The quantitative estimate of drug-likeness (QED) is 0.662. The molecule has 8 nitrogen and oxygen atoms in total. The van der Waals surface area contributed by atoms with Crippen LogP contribution in [0, 0.1) is 5.92 Å². The Bertz CT molecular complexity index is 998. The van der Waals surface area contributed by atoms with E-state index in [-0.39, 0.29) is 11.9 Å². The summed E-state index contributed by atoms with van der Waals surface area (Å²) < 4.78 is 0. The number of aromatic nitrogens is 2. The molecule has 188 valence electrons. The standard InChI is InChI=1S/C26H36N6O2S/c1-30-12-6-19(7-13-30)17-25(33)31-14-8-20(9-15-31)22-4-5-23(35-22)26(34)28-21-10-16-32(18-21)24-3-2-11-27-29-24/h2-5,11,19-21H,6-10,12-18H2,1H3,(H,28,34)/t21-/m0/s1. The molecule has 2 aromatic heterocycles. The second-order valence-electron chi connectivity index (χ2n) is 10.3. The van der Waals surface area contributed by atoms with Crippen LogP contribution >= 0.6 is 11.3 Å². The summed E-state index contributed by atoms with van der Waals surface area (Å²) in [7, 11) is 2.16. The molecule has 3 fully saturated rings. The van der Waals surface area contributed by atoms with E-state index in [2.05, 4.69) is 43.3 Å². The molecule has 3 aliphatic heterocycles. The van der Waals surface area contributed by atoms with Gasteiger partial charge >= 0.3 is 0 Å². The van der Waals surface area contributed by atoms with Crippen molar-refractivity contribution in [1.29, 1.82) is 0 Å². The van der Waals surface area contributed by atoms with E-state index < -0.39 is 0 Å². The van der Waals surface area contributed by atoms with E-state index in [1.54, 1.807) is 17.5 Å². The Morgan fingerprint density at radius 1 is 1.03 bits per heavy atom. The van der Waals surface area contributed by atoms with Gasteiger partial charge in [-0.05, 0) is 88.3 Å². The molecule has 9 heteroatoms. The van der Waals surface area contributed by atoms with Gasteiger partial charge in [-0.3, -0.25) is 9.59 Å². The number of piperidine rings is 2. The molecule has 0 bridgehead atoms. The average Bonchev–Trinajstić information content (AvgIpc) is 3.56. The Morgan fingerprint density at radius 3 is 2.57 bits per heavy atom. The summed E-state index contributed by atoms with van der Waals surface area (Å²) in [5.41, 5.74) is 0. The average molecular weight is 497 g/mol. The number of hydrogen-bond acceptors (Lipinski definition) is 7. The second kappa shape index (κ2) is 11.0. The van der Waals surface area contributed by atoms with Gasteiger partial charge in [-0.15, -0.1) is 16.4 Å². The van der Waals surface area contributed by atoms with Crippen LogP contribution in [0.3, 0.4) is 0 Å². The van der Waals surface area contributed by atoms with E-state index >= 15 is 0 Å². The Morgan fingerprint density at radius 2 is 1.83 bits per heavy atom. The molecule has 0 aliphatic carbocycles. The lowest BCUT2D eigenvalue weighted by Gasteiger charge is -2.34. The zero-order valence-corrected chi connectivity index (χ0v) is 21.4. The molecule has 3 saturated heterocycles. The highest BCUT2D eigenvalue weighted by molar-refractivity contribution is 7.14. The molecule has 1 atom stereocenters. The van der Waals surface area contributed by atoms with Crippen molar-refractivity contribution in [3.63, 3.8) is 0 Å². The predicted octanol–water partition coefficient (Wildman–Crippen LogP) is 2.98. The van der Waals surface area contributed by atoms with Gasteiger partial charge in [-0.1, -0.05) is 0 Å². The van der Waals surface area contributed by atoms with Crippen LogP contribution in [0.15, 0.2) is 30.5 Å². The first-order valence-electron chi connectivity index (χ1n) is 12.9. The summed E-state index contributed by atoms with van der Waals surface area (Å²) in [4.78, 5) is 34.3. The molecule has 0 spiro atoms. The maximum atomic E-state index is 12.9. The van der Waals surface area contributed by atoms with Crippen molar-refractivity contribution in [2.24, 2.45) is 5.92 Å². The molecule has 35 heavy (non-hydrogen) atoms. The summed E-state index contributed by atoms with van der Waals surface area (Å²) >= 11 is 1.61. The van der Waals surface area contributed by atoms with Crippen molar-refractivity contribution >= 4 is 29.0 Å². The number of hydrogen-bond donors (Lipinski definition) is 1. The fourth-order valence-corrected chi connectivity index (χ4v) is 6.63. The first kappa shape index (κ1) is 24.2. The number of carbonyl (C=O) groups excluding carboxylic acids is 2. The molecule has 2 aromatic rings. The highest BCUT2D eigenvalue weighted by atomic mass is 32.1. The normalized spacial score (nSPS) is 22.5. The first-order chi connectivity index (χ1) is 17.0. The highest BCUT2D eigenvalue weighted by Gasteiger charge is 2.29. The van der Waals surface area contributed by atoms with Crippen molar-refractivity contribution in [2.45, 2.75) is 50.5 Å². The van der Waals surface area contributed by atoms with Gasteiger partial charge in [0.1, 0.15) is 0 Å². The molecule has 0 aromatic carbocycles. The lowest BCUT2D eigenvalue weighted by atomic mass is 9.91. The molecule has 5 heterocycles. The van der Waals surface area contributed by atoms with Crippen molar-refractivity contribution in [3.8, 4) is 0 Å². The van der Waals surface area contributed by atoms with Crippen LogP contribution in [-0.4, -0.2) is 84.2 Å². The number of anilines is 1. The molecular weight excluding hydrogens is 460 g/mol. The second-order valence-corrected chi connectivity index (χ2v) is 11.4. The van der Waals surface area contributed by atoms with Crippen LogP contribution < -0.4 is 10.2 Å². The summed E-state index contributed by atoms with van der Waals surface area (Å²) in [5, 5.41) is 11.3. The fourth-order valence-electron chi connectivity index (χ4n) is 5.55. The van der Waals surface area contributed by atoms with E-state index in [4.69, 9.17) is 0 Å². The van der Waals surface area contributed by atoms with Crippen molar-refractivity contribution in [3.05, 3.63) is 40.2 Å². The molecule has 0 saturated carbocycles. The topological polar surface area (TPSA) is 81.7 Å². The largest absolute Gasteiger partial charge is 0.353 e. The van der Waals surface area contributed by atoms with E-state index in [9.17, 15) is 9.59 Å². The maximum absolute atomic E-state index is 12.9. The van der Waals surface area contributed by atoms with Gasteiger partial charge in [-0.25, -0.2) is 0 Å². The first-order valence-corrected chi connectivity index (χ1v) is 13.8. The molecule has 5 rings (SSSR count). The van der Waals surface area contributed by atoms with Gasteiger partial charge in [0.15, 0.2) is 5.82 Å². The van der Waals surface area contributed by atoms with Gasteiger partial charge in [0.2, 0.25) is 5.91 Å². The Hall–Kier alpha value is -2.52. The van der Waals surface area contributed by atoms with Crippen LogP contribution in [0.4, 0.5) is 5.82 Å². The maximum Gasteiger partial charge on any atom is 0.261 e. The number of carbonyl (C=O) groups is 2. The van der Waals surface area contributed by atoms with Crippen LogP contribution in [-0.2, 0) is 4.79 Å². The van der Waals surface area contributed by atoms with Crippen LogP contribution in [0.1, 0.15) is 59.0 Å². The monoisotopic (exact) mass is 496 g/mol. The van der Waals surface area contributed by atoms with Crippen LogP contribution in [0.2, 0.25) is 0 Å². The SMILES string of the molecule is CN1CCC(CC(=O)N2CCC(c3ccc(C(=O)N[C@H]4CCN(c5cccnn5)C4)s3)CC2)CC1. The number of amides is 2. The minimum atomic E-state index is 0.0120. The Balaban J connectivity index is 1.07. The summed E-state index contributed by atoms with van der Waals surface area (Å²) in [6.07, 6.45) is 7.52. The van der Waals surface area contributed by atoms with Crippen molar-refractivity contribution in [2.75, 3.05) is 51.2 Å². The molecule has 0 radical (unpaired) electrons. The van der Waals surface area contributed by atoms with Gasteiger partial charge in [0.25, 0.3) is 5.91 Å². The third kappa shape index (κ3) is 6.01. The fraction of sp³-hybridized carbons (Fsp3) is 0.615. The molecular formula is C26H36N6O2S. The Kier molecular flexibility index (Phi) is 7.63.